The van der Waals surface area contributed by atoms with Crippen LogP contribution >= 0.6 is 12.4 Å². The van der Waals surface area contributed by atoms with Crippen LogP contribution in [0.3, 0.4) is 0 Å². The van der Waals surface area contributed by atoms with Crippen LogP contribution in [0.2, 0.25) is 0 Å². The fraction of sp³-hybridized carbons (Fsp3) is 0.167. The Labute approximate surface area is 192 Å². The monoisotopic (exact) mass is 450 g/mol. The highest BCUT2D eigenvalue weighted by atomic mass is 35.5. The number of hydrogen-bond donors (Lipinski definition) is 3. The van der Waals surface area contributed by atoms with Gasteiger partial charge in [0.25, 0.3) is 11.8 Å². The number of halogens is 1. The predicted octanol–water partition coefficient (Wildman–Crippen LogP) is 2.23. The summed E-state index contributed by atoms with van der Waals surface area (Å²) in [5.74, 6) is -0.555. The number of nitrogens with one attached hydrogen (secondary N) is 3. The smallest absolute Gasteiger partial charge is 0.251 e. The molecule has 1 fully saturated rings. The Balaban J connectivity index is 0.00000289. The van der Waals surface area contributed by atoms with Crippen molar-refractivity contribution in [3.05, 3.63) is 101 Å². The SMILES string of the molecule is Cl.O=C(N[C@@H]1CNC[C@H]1NC(=O)c1ccc(C(=O)c2ccccc2)cc1)c1ccncc1. The number of amides is 2. The number of ketones is 1. The van der Waals surface area contributed by atoms with Gasteiger partial charge in [-0.2, -0.15) is 0 Å². The van der Waals surface area contributed by atoms with Crippen LogP contribution in [0.4, 0.5) is 0 Å². The average molecular weight is 451 g/mol. The van der Waals surface area contributed by atoms with E-state index in [4.69, 9.17) is 0 Å². The van der Waals surface area contributed by atoms with E-state index < -0.39 is 0 Å². The number of carbonyl (C=O) groups excluding carboxylic acids is 3. The Morgan fingerprint density at radius 2 is 1.16 bits per heavy atom. The van der Waals surface area contributed by atoms with E-state index >= 15 is 0 Å². The van der Waals surface area contributed by atoms with Crippen molar-refractivity contribution in [3.63, 3.8) is 0 Å². The Bertz CT molecular complexity index is 1080. The van der Waals surface area contributed by atoms with Crippen molar-refractivity contribution >= 4 is 30.0 Å². The fourth-order valence-corrected chi connectivity index (χ4v) is 3.52. The second-order valence-corrected chi connectivity index (χ2v) is 7.33. The van der Waals surface area contributed by atoms with Gasteiger partial charge in [-0.05, 0) is 24.3 Å². The van der Waals surface area contributed by atoms with E-state index in [0.717, 1.165) is 0 Å². The molecule has 164 valence electrons. The van der Waals surface area contributed by atoms with Crippen molar-refractivity contribution in [1.82, 2.24) is 20.9 Å². The summed E-state index contributed by atoms with van der Waals surface area (Å²) in [5.41, 5.74) is 2.10. The van der Waals surface area contributed by atoms with E-state index in [1.807, 2.05) is 18.2 Å². The predicted molar refractivity (Wildman–Crippen MR) is 123 cm³/mol. The van der Waals surface area contributed by atoms with Crippen LogP contribution in [-0.2, 0) is 0 Å². The zero-order chi connectivity index (χ0) is 21.6. The first-order valence-corrected chi connectivity index (χ1v) is 10.0. The number of nitrogens with zero attached hydrogens (tertiary/aromatic N) is 1. The number of hydrogen-bond acceptors (Lipinski definition) is 5. The van der Waals surface area contributed by atoms with E-state index in [-0.39, 0.29) is 42.1 Å². The molecule has 0 aliphatic carbocycles. The first-order valence-electron chi connectivity index (χ1n) is 10.0. The molecule has 0 unspecified atom stereocenters. The molecule has 2 heterocycles. The third-order valence-corrected chi connectivity index (χ3v) is 5.23. The largest absolute Gasteiger partial charge is 0.346 e. The van der Waals surface area contributed by atoms with Gasteiger partial charge in [-0.25, -0.2) is 0 Å². The molecule has 2 atom stereocenters. The van der Waals surface area contributed by atoms with Gasteiger partial charge in [-0.15, -0.1) is 12.4 Å². The number of benzene rings is 2. The van der Waals surface area contributed by atoms with Gasteiger partial charge in [-0.3, -0.25) is 19.4 Å². The van der Waals surface area contributed by atoms with E-state index in [2.05, 4.69) is 20.9 Å². The molecule has 1 aromatic heterocycles. The quantitative estimate of drug-likeness (QED) is 0.500. The molecule has 1 aliphatic rings. The van der Waals surface area contributed by atoms with Crippen LogP contribution in [-0.4, -0.2) is 47.8 Å². The molecular weight excluding hydrogens is 428 g/mol. The maximum absolute atomic E-state index is 12.7. The summed E-state index contributed by atoms with van der Waals surface area (Å²) in [6, 6.07) is 18.4. The summed E-state index contributed by atoms with van der Waals surface area (Å²) < 4.78 is 0. The number of aromatic nitrogens is 1. The lowest BCUT2D eigenvalue weighted by atomic mass is 10.0. The molecule has 8 heteroatoms. The zero-order valence-electron chi connectivity index (χ0n) is 17.2. The minimum absolute atomic E-state index is 0. The van der Waals surface area contributed by atoms with Gasteiger partial charge in [0.2, 0.25) is 0 Å². The van der Waals surface area contributed by atoms with Crippen molar-refractivity contribution in [2.24, 2.45) is 0 Å². The van der Waals surface area contributed by atoms with E-state index in [0.29, 0.717) is 35.3 Å². The Hall–Kier alpha value is -3.55. The highest BCUT2D eigenvalue weighted by Crippen LogP contribution is 2.12. The molecule has 3 aromatic rings. The van der Waals surface area contributed by atoms with Gasteiger partial charge in [-0.1, -0.05) is 42.5 Å². The zero-order valence-corrected chi connectivity index (χ0v) is 18.0. The van der Waals surface area contributed by atoms with Crippen LogP contribution < -0.4 is 16.0 Å². The van der Waals surface area contributed by atoms with Crippen molar-refractivity contribution in [2.45, 2.75) is 12.1 Å². The molecule has 0 bridgehead atoms. The van der Waals surface area contributed by atoms with Gasteiger partial charge in [0.15, 0.2) is 5.78 Å². The average Bonchev–Trinajstić information content (AvgIpc) is 3.26. The maximum Gasteiger partial charge on any atom is 0.251 e. The van der Waals surface area contributed by atoms with Crippen molar-refractivity contribution in [3.8, 4) is 0 Å². The van der Waals surface area contributed by atoms with Crippen LogP contribution in [0.1, 0.15) is 36.6 Å². The molecular formula is C24H23ClN4O3. The van der Waals surface area contributed by atoms with Crippen LogP contribution in [0.25, 0.3) is 0 Å². The molecule has 2 aromatic carbocycles. The molecule has 0 saturated carbocycles. The van der Waals surface area contributed by atoms with Crippen molar-refractivity contribution in [1.29, 1.82) is 0 Å². The van der Waals surface area contributed by atoms with E-state index in [1.165, 1.54) is 0 Å². The van der Waals surface area contributed by atoms with Crippen LogP contribution in [0, 0.1) is 0 Å². The summed E-state index contributed by atoms with van der Waals surface area (Å²) in [6.07, 6.45) is 3.13. The lowest BCUT2D eigenvalue weighted by Crippen LogP contribution is -2.51. The summed E-state index contributed by atoms with van der Waals surface area (Å²) >= 11 is 0. The van der Waals surface area contributed by atoms with E-state index in [1.54, 1.807) is 60.9 Å². The van der Waals surface area contributed by atoms with E-state index in [9.17, 15) is 14.4 Å². The lowest BCUT2D eigenvalue weighted by Gasteiger charge is -2.21. The third-order valence-electron chi connectivity index (χ3n) is 5.23. The molecule has 2 amide bonds. The molecule has 4 rings (SSSR count). The molecule has 7 nitrogen and oxygen atoms in total. The van der Waals surface area contributed by atoms with Crippen molar-refractivity contribution < 1.29 is 14.4 Å². The van der Waals surface area contributed by atoms with Gasteiger partial charge in [0.1, 0.15) is 0 Å². The summed E-state index contributed by atoms with van der Waals surface area (Å²) in [6.45, 7) is 1.11. The topological polar surface area (TPSA) is 100 Å². The minimum Gasteiger partial charge on any atom is -0.346 e. The first kappa shape index (κ1) is 23.1. The Morgan fingerprint density at radius 1 is 0.688 bits per heavy atom. The fourth-order valence-electron chi connectivity index (χ4n) is 3.52. The number of carbonyl (C=O) groups is 3. The first-order chi connectivity index (χ1) is 15.1. The van der Waals surface area contributed by atoms with Gasteiger partial charge in [0.05, 0.1) is 12.1 Å². The molecule has 0 spiro atoms. The van der Waals surface area contributed by atoms with Crippen molar-refractivity contribution in [2.75, 3.05) is 13.1 Å². The molecule has 32 heavy (non-hydrogen) atoms. The number of pyridine rings is 1. The highest BCUT2D eigenvalue weighted by molar-refractivity contribution is 6.09. The maximum atomic E-state index is 12.7. The standard InChI is InChI=1S/C24H22N4O3.ClH/c29-22(16-4-2-1-3-5-16)17-6-8-18(9-7-17)23(30)27-20-14-26-15-21(20)28-24(31)19-10-12-25-13-11-19;/h1-13,20-21,26H,14-15H2,(H,27,30)(H,28,31);1H/t20-,21-;/m1./s1. The highest BCUT2D eigenvalue weighted by Gasteiger charge is 2.30. The normalized spacial score (nSPS) is 17.1. The summed E-state index contributed by atoms with van der Waals surface area (Å²) in [5, 5.41) is 9.12. The summed E-state index contributed by atoms with van der Waals surface area (Å²) in [7, 11) is 0. The number of rotatable bonds is 6. The molecule has 0 radical (unpaired) electrons. The van der Waals surface area contributed by atoms with Crippen LogP contribution in [0.5, 0.6) is 0 Å². The molecule has 1 aliphatic heterocycles. The lowest BCUT2D eigenvalue weighted by molar-refractivity contribution is 0.0896. The second-order valence-electron chi connectivity index (χ2n) is 7.33. The molecule has 3 N–H and O–H groups in total. The molecule has 1 saturated heterocycles. The summed E-state index contributed by atoms with van der Waals surface area (Å²) in [4.78, 5) is 41.5. The van der Waals surface area contributed by atoms with Gasteiger partial charge in [0, 0.05) is 47.7 Å². The minimum atomic E-state index is -0.254. The second kappa shape index (κ2) is 10.7. The Morgan fingerprint density at radius 3 is 1.72 bits per heavy atom. The van der Waals surface area contributed by atoms with Gasteiger partial charge < -0.3 is 16.0 Å². The Kier molecular flexibility index (Phi) is 7.70. The van der Waals surface area contributed by atoms with Gasteiger partial charge >= 0.3 is 0 Å². The van der Waals surface area contributed by atoms with Crippen LogP contribution in [0.15, 0.2) is 79.1 Å². The third kappa shape index (κ3) is 5.38.